The third-order valence-electron chi connectivity index (χ3n) is 4.91. The zero-order chi connectivity index (χ0) is 23.4. The second-order valence-electron chi connectivity index (χ2n) is 7.24. The summed E-state index contributed by atoms with van der Waals surface area (Å²) in [5.74, 6) is -0.376. The Morgan fingerprint density at radius 2 is 2.18 bits per heavy atom. The van der Waals surface area contributed by atoms with Gasteiger partial charge in [0.2, 0.25) is 17.7 Å². The molecule has 11 nitrogen and oxygen atoms in total. The molecule has 0 aliphatic carbocycles. The van der Waals surface area contributed by atoms with Crippen LogP contribution in [0.25, 0.3) is 11.2 Å². The predicted molar refractivity (Wildman–Crippen MR) is 117 cm³/mol. The first-order valence-electron chi connectivity index (χ1n) is 9.98. The zero-order valence-electron chi connectivity index (χ0n) is 17.4. The molecule has 0 spiro atoms. The van der Waals surface area contributed by atoms with E-state index in [-0.39, 0.29) is 41.6 Å². The third-order valence-corrected chi connectivity index (χ3v) is 4.91. The smallest absolute Gasteiger partial charge is 0.255 e. The highest BCUT2D eigenvalue weighted by molar-refractivity contribution is 6.04. The van der Waals surface area contributed by atoms with Crippen LogP contribution in [0.15, 0.2) is 49.3 Å². The number of carbonyl (C=O) groups excluding carboxylic acids is 3. The summed E-state index contributed by atoms with van der Waals surface area (Å²) in [6, 6.07) is 8.33. The van der Waals surface area contributed by atoms with Gasteiger partial charge in [0.15, 0.2) is 5.65 Å². The number of amides is 3. The first kappa shape index (κ1) is 21.5. The van der Waals surface area contributed by atoms with Crippen LogP contribution in [0.1, 0.15) is 16.8 Å². The highest BCUT2D eigenvalue weighted by Gasteiger charge is 2.32. The zero-order valence-corrected chi connectivity index (χ0v) is 17.4. The Kier molecular flexibility index (Phi) is 5.99. The summed E-state index contributed by atoms with van der Waals surface area (Å²) in [5.41, 5.74) is 1.56. The van der Waals surface area contributed by atoms with Crippen molar-refractivity contribution in [2.75, 3.05) is 18.4 Å². The highest BCUT2D eigenvalue weighted by atomic mass is 16.5. The summed E-state index contributed by atoms with van der Waals surface area (Å²) in [7, 11) is 0. The second kappa shape index (κ2) is 9.19. The number of aromatic amines is 1. The maximum absolute atomic E-state index is 12.7. The summed E-state index contributed by atoms with van der Waals surface area (Å²) >= 11 is 0. The lowest BCUT2D eigenvalue weighted by atomic mass is 10.1. The molecule has 3 amide bonds. The molecule has 11 heteroatoms. The van der Waals surface area contributed by atoms with Gasteiger partial charge in [-0.15, -0.1) is 0 Å². The molecule has 1 aliphatic rings. The standard InChI is InChI=1S/C22H19N7O4/c1-2-17(30)26-13-4-3-5-15(8-13)33-18-10-25-21-20(28-18)16(9-24-21)22(32)27-14-11-29(12-14)19(31)6-7-23/h2-5,8-10,14H,1,6,11-12H2,(H,24,25)(H,26,30)(H,27,32). The Hall–Kier alpha value is -4.72. The van der Waals surface area contributed by atoms with Crippen molar-refractivity contribution in [1.82, 2.24) is 25.2 Å². The normalized spacial score (nSPS) is 13.0. The summed E-state index contributed by atoms with van der Waals surface area (Å²) in [6.45, 7) is 4.12. The first-order valence-corrected chi connectivity index (χ1v) is 9.98. The Morgan fingerprint density at radius 3 is 2.94 bits per heavy atom. The van der Waals surface area contributed by atoms with Gasteiger partial charge in [-0.1, -0.05) is 12.6 Å². The van der Waals surface area contributed by atoms with Gasteiger partial charge in [0.05, 0.1) is 23.9 Å². The van der Waals surface area contributed by atoms with Crippen molar-refractivity contribution in [3.05, 3.63) is 54.9 Å². The molecule has 3 heterocycles. The number of benzene rings is 1. The molecular formula is C22H19N7O4. The topological polar surface area (TPSA) is 153 Å². The molecule has 3 aromatic rings. The van der Waals surface area contributed by atoms with Crippen LogP contribution in [0.3, 0.4) is 0 Å². The van der Waals surface area contributed by atoms with Gasteiger partial charge in [0.25, 0.3) is 5.91 Å². The molecule has 0 saturated carbocycles. The molecule has 2 aromatic heterocycles. The van der Waals surface area contributed by atoms with Crippen molar-refractivity contribution in [2.24, 2.45) is 0 Å². The van der Waals surface area contributed by atoms with Crippen LogP contribution in [0.4, 0.5) is 5.69 Å². The molecule has 1 aliphatic heterocycles. The van der Waals surface area contributed by atoms with Crippen LogP contribution >= 0.6 is 0 Å². The van der Waals surface area contributed by atoms with Gasteiger partial charge in [-0.3, -0.25) is 14.4 Å². The maximum atomic E-state index is 12.7. The number of fused-ring (bicyclic) bond motifs is 1. The molecule has 0 unspecified atom stereocenters. The quantitative estimate of drug-likeness (QED) is 0.468. The molecule has 0 atom stereocenters. The first-order chi connectivity index (χ1) is 16.0. The molecular weight excluding hydrogens is 426 g/mol. The summed E-state index contributed by atoms with van der Waals surface area (Å²) < 4.78 is 5.76. The summed E-state index contributed by atoms with van der Waals surface area (Å²) in [6.07, 6.45) is 3.91. The van der Waals surface area contributed by atoms with Gasteiger partial charge in [0.1, 0.15) is 17.7 Å². The van der Waals surface area contributed by atoms with Crippen LogP contribution in [0.5, 0.6) is 11.6 Å². The van der Waals surface area contributed by atoms with E-state index in [4.69, 9.17) is 10.00 Å². The van der Waals surface area contributed by atoms with Crippen LogP contribution in [-0.2, 0) is 9.59 Å². The van der Waals surface area contributed by atoms with Crippen LogP contribution < -0.4 is 15.4 Å². The SMILES string of the molecule is C=CC(=O)Nc1cccc(Oc2cnc3[nH]cc(C(=O)NC4CN(C(=O)CC#N)C4)c3n2)c1. The number of ether oxygens (including phenoxy) is 1. The molecule has 1 aromatic carbocycles. The van der Waals surface area contributed by atoms with E-state index in [1.165, 1.54) is 17.3 Å². The third kappa shape index (κ3) is 4.80. The Labute approximate surface area is 188 Å². The van der Waals surface area contributed by atoms with Crippen LogP contribution in [0.2, 0.25) is 0 Å². The van der Waals surface area contributed by atoms with Crippen molar-refractivity contribution < 1.29 is 19.1 Å². The Balaban J connectivity index is 1.45. The molecule has 1 saturated heterocycles. The number of carbonyl (C=O) groups is 3. The van der Waals surface area contributed by atoms with Crippen molar-refractivity contribution in [1.29, 1.82) is 5.26 Å². The Bertz CT molecular complexity index is 1290. The number of hydrogen-bond acceptors (Lipinski definition) is 7. The van der Waals surface area contributed by atoms with Gasteiger partial charge in [-0.05, 0) is 18.2 Å². The van der Waals surface area contributed by atoms with Gasteiger partial charge in [-0.25, -0.2) is 9.97 Å². The number of nitrogens with one attached hydrogen (secondary N) is 3. The van der Waals surface area contributed by atoms with E-state index in [1.54, 1.807) is 24.3 Å². The number of nitriles is 1. The number of aromatic nitrogens is 3. The van der Waals surface area contributed by atoms with Crippen LogP contribution in [-0.4, -0.2) is 56.7 Å². The molecule has 4 rings (SSSR count). The van der Waals surface area contributed by atoms with Crippen molar-refractivity contribution >= 4 is 34.6 Å². The lowest BCUT2D eigenvalue weighted by molar-refractivity contribution is -0.134. The molecule has 0 radical (unpaired) electrons. The van der Waals surface area contributed by atoms with Gasteiger partial charge in [-0.2, -0.15) is 5.26 Å². The number of hydrogen-bond donors (Lipinski definition) is 3. The largest absolute Gasteiger partial charge is 0.437 e. The fraction of sp³-hybridized carbons (Fsp3) is 0.182. The number of nitrogens with zero attached hydrogens (tertiary/aromatic N) is 4. The highest BCUT2D eigenvalue weighted by Crippen LogP contribution is 2.25. The van der Waals surface area contributed by atoms with Gasteiger partial charge >= 0.3 is 0 Å². The second-order valence-corrected chi connectivity index (χ2v) is 7.24. The van der Waals surface area contributed by atoms with Crippen LogP contribution in [0, 0.1) is 11.3 Å². The van der Waals surface area contributed by atoms with E-state index < -0.39 is 0 Å². The maximum Gasteiger partial charge on any atom is 0.255 e. The van der Waals surface area contributed by atoms with Crippen molar-refractivity contribution in [2.45, 2.75) is 12.5 Å². The lowest BCUT2D eigenvalue weighted by Gasteiger charge is -2.39. The summed E-state index contributed by atoms with van der Waals surface area (Å²) in [4.78, 5) is 48.9. The van der Waals surface area contributed by atoms with E-state index in [0.717, 1.165) is 6.08 Å². The average molecular weight is 445 g/mol. The van der Waals surface area contributed by atoms with E-state index in [2.05, 4.69) is 32.2 Å². The lowest BCUT2D eigenvalue weighted by Crippen LogP contribution is -2.60. The monoisotopic (exact) mass is 445 g/mol. The minimum atomic E-state index is -0.362. The minimum absolute atomic E-state index is 0.167. The molecule has 0 bridgehead atoms. The van der Waals surface area contributed by atoms with Crippen molar-refractivity contribution in [3.63, 3.8) is 0 Å². The van der Waals surface area contributed by atoms with E-state index in [9.17, 15) is 14.4 Å². The Morgan fingerprint density at radius 1 is 1.36 bits per heavy atom. The number of rotatable bonds is 7. The molecule has 3 N–H and O–H groups in total. The fourth-order valence-electron chi connectivity index (χ4n) is 3.26. The number of anilines is 1. The minimum Gasteiger partial charge on any atom is -0.437 e. The average Bonchev–Trinajstić information content (AvgIpc) is 3.19. The number of H-pyrrole nitrogens is 1. The van der Waals surface area contributed by atoms with Gasteiger partial charge in [0, 0.05) is 31.0 Å². The van der Waals surface area contributed by atoms with Crippen molar-refractivity contribution in [3.8, 4) is 17.7 Å². The number of likely N-dealkylation sites (tertiary alicyclic amines) is 1. The predicted octanol–water partition coefficient (Wildman–Crippen LogP) is 1.73. The van der Waals surface area contributed by atoms with E-state index in [1.807, 2.05) is 6.07 Å². The molecule has 1 fully saturated rings. The van der Waals surface area contributed by atoms with E-state index in [0.29, 0.717) is 35.7 Å². The van der Waals surface area contributed by atoms with E-state index >= 15 is 0 Å². The molecule has 33 heavy (non-hydrogen) atoms. The molecule has 166 valence electrons. The van der Waals surface area contributed by atoms with Gasteiger partial charge < -0.3 is 25.3 Å². The fourth-order valence-corrected chi connectivity index (χ4v) is 3.26. The summed E-state index contributed by atoms with van der Waals surface area (Å²) in [5, 5.41) is 14.1.